The van der Waals surface area contributed by atoms with Crippen molar-refractivity contribution in [2.45, 2.75) is 27.7 Å². The molecule has 1 rings (SSSR count). The highest BCUT2D eigenvalue weighted by atomic mass is 35.5. The molecule has 0 bridgehead atoms. The van der Waals surface area contributed by atoms with E-state index in [1.165, 1.54) is 0 Å². The lowest BCUT2D eigenvalue weighted by Gasteiger charge is -2.26. The quantitative estimate of drug-likeness (QED) is 0.831. The fourth-order valence-corrected chi connectivity index (χ4v) is 2.27. The van der Waals surface area contributed by atoms with Gasteiger partial charge in [-0.1, -0.05) is 39.3 Å². The smallest absolute Gasteiger partial charge is 0.255 e. The maximum absolute atomic E-state index is 12.5. The van der Waals surface area contributed by atoms with E-state index in [1.807, 2.05) is 4.90 Å². The van der Waals surface area contributed by atoms with Gasteiger partial charge in [-0.15, -0.1) is 12.4 Å². The van der Waals surface area contributed by atoms with Crippen molar-refractivity contribution in [3.8, 4) is 0 Å². The summed E-state index contributed by atoms with van der Waals surface area (Å²) in [7, 11) is 0. The molecule has 1 aromatic rings. The van der Waals surface area contributed by atoms with Gasteiger partial charge in [-0.05, 0) is 30.0 Å². The average molecular weight is 319 g/mol. The summed E-state index contributed by atoms with van der Waals surface area (Å²) >= 11 is 6.11. The van der Waals surface area contributed by atoms with Crippen LogP contribution in [0.25, 0.3) is 0 Å². The summed E-state index contributed by atoms with van der Waals surface area (Å²) in [5.74, 6) is 0.831. The Morgan fingerprint density at radius 3 is 2.10 bits per heavy atom. The van der Waals surface area contributed by atoms with Gasteiger partial charge >= 0.3 is 0 Å². The topological polar surface area (TPSA) is 46.3 Å². The molecule has 0 atom stereocenters. The number of nitrogen functional groups attached to an aromatic ring is 1. The van der Waals surface area contributed by atoms with Crippen molar-refractivity contribution >= 4 is 35.6 Å². The van der Waals surface area contributed by atoms with Crippen LogP contribution in [-0.4, -0.2) is 23.9 Å². The Hall–Kier alpha value is -0.930. The van der Waals surface area contributed by atoms with Crippen LogP contribution in [0.15, 0.2) is 18.2 Å². The third-order valence-electron chi connectivity index (χ3n) is 2.68. The summed E-state index contributed by atoms with van der Waals surface area (Å²) < 4.78 is 0. The van der Waals surface area contributed by atoms with Crippen molar-refractivity contribution in [3.05, 3.63) is 28.8 Å². The van der Waals surface area contributed by atoms with Crippen LogP contribution in [0.2, 0.25) is 5.02 Å². The predicted molar refractivity (Wildman–Crippen MR) is 88.7 cm³/mol. The number of nitrogens with two attached hydrogens (primary N) is 1. The fourth-order valence-electron chi connectivity index (χ4n) is 2.00. The summed E-state index contributed by atoms with van der Waals surface area (Å²) in [5, 5.41) is 0.419. The van der Waals surface area contributed by atoms with Gasteiger partial charge in [0, 0.05) is 18.8 Å². The first-order valence-corrected chi connectivity index (χ1v) is 7.03. The minimum absolute atomic E-state index is 0. The van der Waals surface area contributed by atoms with Crippen LogP contribution >= 0.6 is 24.0 Å². The molecular weight excluding hydrogens is 295 g/mol. The lowest BCUT2D eigenvalue weighted by Crippen LogP contribution is -2.37. The molecule has 0 aliphatic carbocycles. The maximum atomic E-state index is 12.5. The summed E-state index contributed by atoms with van der Waals surface area (Å²) in [5.41, 5.74) is 6.75. The van der Waals surface area contributed by atoms with Crippen molar-refractivity contribution in [2.75, 3.05) is 18.8 Å². The Bertz CT molecular complexity index is 437. The van der Waals surface area contributed by atoms with Gasteiger partial charge in [0.15, 0.2) is 0 Å². The van der Waals surface area contributed by atoms with Crippen LogP contribution < -0.4 is 5.73 Å². The molecule has 114 valence electrons. The number of carbonyl (C=O) groups excluding carboxylic acids is 1. The molecule has 0 aromatic heterocycles. The first-order chi connectivity index (χ1) is 8.81. The molecule has 0 aliphatic rings. The summed E-state index contributed by atoms with van der Waals surface area (Å²) in [6.45, 7) is 9.88. The van der Waals surface area contributed by atoms with Crippen LogP contribution in [0.3, 0.4) is 0 Å². The van der Waals surface area contributed by atoms with Crippen molar-refractivity contribution in [2.24, 2.45) is 11.8 Å². The first-order valence-electron chi connectivity index (χ1n) is 6.65. The molecule has 1 amide bonds. The number of halogens is 2. The van der Waals surface area contributed by atoms with Gasteiger partial charge in [0.1, 0.15) is 0 Å². The number of hydrogen-bond acceptors (Lipinski definition) is 2. The number of amides is 1. The van der Waals surface area contributed by atoms with E-state index >= 15 is 0 Å². The molecule has 0 saturated carbocycles. The van der Waals surface area contributed by atoms with E-state index in [0.717, 1.165) is 13.1 Å². The van der Waals surface area contributed by atoms with Crippen molar-refractivity contribution in [3.63, 3.8) is 0 Å². The van der Waals surface area contributed by atoms with Crippen molar-refractivity contribution in [1.82, 2.24) is 4.90 Å². The predicted octanol–water partition coefficient (Wildman–Crippen LogP) is 4.10. The second-order valence-electron chi connectivity index (χ2n) is 5.74. The van der Waals surface area contributed by atoms with E-state index in [2.05, 4.69) is 27.7 Å². The van der Waals surface area contributed by atoms with Crippen molar-refractivity contribution in [1.29, 1.82) is 0 Å². The third kappa shape index (κ3) is 5.59. The second-order valence-corrected chi connectivity index (χ2v) is 6.14. The monoisotopic (exact) mass is 318 g/mol. The van der Waals surface area contributed by atoms with E-state index in [-0.39, 0.29) is 18.3 Å². The lowest BCUT2D eigenvalue weighted by molar-refractivity contribution is 0.0715. The Kier molecular flexibility index (Phi) is 7.99. The number of carbonyl (C=O) groups is 1. The number of benzene rings is 1. The molecule has 0 spiro atoms. The van der Waals surface area contributed by atoms with Gasteiger partial charge in [0.2, 0.25) is 0 Å². The number of rotatable bonds is 5. The molecular formula is C15H24Cl2N2O. The molecule has 3 nitrogen and oxygen atoms in total. The summed E-state index contributed by atoms with van der Waals surface area (Å²) in [6, 6.07) is 5.04. The molecule has 5 heteroatoms. The highest BCUT2D eigenvalue weighted by Crippen LogP contribution is 2.21. The molecule has 1 aromatic carbocycles. The highest BCUT2D eigenvalue weighted by molar-refractivity contribution is 6.34. The van der Waals surface area contributed by atoms with Gasteiger partial charge in [0.25, 0.3) is 5.91 Å². The minimum Gasteiger partial charge on any atom is -0.399 e. The third-order valence-corrected chi connectivity index (χ3v) is 2.99. The summed E-state index contributed by atoms with van der Waals surface area (Å²) in [6.07, 6.45) is 0. The van der Waals surface area contributed by atoms with Gasteiger partial charge in [0.05, 0.1) is 10.6 Å². The van der Waals surface area contributed by atoms with Crippen LogP contribution in [0.5, 0.6) is 0 Å². The molecule has 0 aliphatic heterocycles. The van der Waals surface area contributed by atoms with E-state index in [0.29, 0.717) is 28.1 Å². The van der Waals surface area contributed by atoms with Crippen LogP contribution in [-0.2, 0) is 0 Å². The zero-order chi connectivity index (χ0) is 14.6. The summed E-state index contributed by atoms with van der Waals surface area (Å²) in [4.78, 5) is 14.4. The average Bonchev–Trinajstić information content (AvgIpc) is 2.26. The highest BCUT2D eigenvalue weighted by Gasteiger charge is 2.20. The Balaban J connectivity index is 0.00000361. The zero-order valence-corrected chi connectivity index (χ0v) is 14.1. The van der Waals surface area contributed by atoms with Gasteiger partial charge in [-0.2, -0.15) is 0 Å². The van der Waals surface area contributed by atoms with Crippen LogP contribution in [0.4, 0.5) is 5.69 Å². The normalized spacial score (nSPS) is 10.6. The van der Waals surface area contributed by atoms with E-state index in [9.17, 15) is 4.79 Å². The molecule has 0 radical (unpaired) electrons. The fraction of sp³-hybridized carbons (Fsp3) is 0.533. The first kappa shape index (κ1) is 19.1. The van der Waals surface area contributed by atoms with E-state index in [1.54, 1.807) is 18.2 Å². The number of nitrogens with zero attached hydrogens (tertiary/aromatic N) is 1. The Morgan fingerprint density at radius 1 is 1.20 bits per heavy atom. The minimum atomic E-state index is -0.0209. The maximum Gasteiger partial charge on any atom is 0.255 e. The van der Waals surface area contributed by atoms with E-state index < -0.39 is 0 Å². The second kappa shape index (κ2) is 8.38. The van der Waals surface area contributed by atoms with Crippen LogP contribution in [0, 0.1) is 11.8 Å². The largest absolute Gasteiger partial charge is 0.399 e. The molecule has 0 heterocycles. The standard InChI is InChI=1S/C15H23ClN2O.ClH/c1-10(2)8-18(9-11(3)4)15(19)13-6-5-12(17)7-14(13)16;/h5-7,10-11H,8-9,17H2,1-4H3;1H. The molecule has 0 fully saturated rings. The van der Waals surface area contributed by atoms with Crippen molar-refractivity contribution < 1.29 is 4.79 Å². The van der Waals surface area contributed by atoms with Crippen LogP contribution in [0.1, 0.15) is 38.1 Å². The SMILES string of the molecule is CC(C)CN(CC(C)C)C(=O)c1ccc(N)cc1Cl.Cl. The van der Waals surface area contributed by atoms with Gasteiger partial charge in [-0.3, -0.25) is 4.79 Å². The molecule has 20 heavy (non-hydrogen) atoms. The zero-order valence-electron chi connectivity index (χ0n) is 12.5. The Labute approximate surface area is 132 Å². The van der Waals surface area contributed by atoms with Gasteiger partial charge < -0.3 is 10.6 Å². The Morgan fingerprint density at radius 2 is 1.70 bits per heavy atom. The molecule has 2 N–H and O–H groups in total. The number of hydrogen-bond donors (Lipinski definition) is 1. The molecule has 0 unspecified atom stereocenters. The lowest BCUT2D eigenvalue weighted by atomic mass is 10.1. The van der Waals surface area contributed by atoms with Gasteiger partial charge in [-0.25, -0.2) is 0 Å². The van der Waals surface area contributed by atoms with E-state index in [4.69, 9.17) is 17.3 Å². The molecule has 0 saturated heterocycles. The number of anilines is 1.